The topological polar surface area (TPSA) is 71.3 Å². The van der Waals surface area contributed by atoms with Crippen LogP contribution in [0.5, 0.6) is 0 Å². The van der Waals surface area contributed by atoms with Crippen LogP contribution >= 0.6 is 0 Å². The van der Waals surface area contributed by atoms with E-state index >= 15 is 0 Å². The molecule has 25 heavy (non-hydrogen) atoms. The smallest absolute Gasteiger partial charge is 0.215 e. The van der Waals surface area contributed by atoms with E-state index in [0.717, 1.165) is 10.9 Å². The second-order valence-corrected chi connectivity index (χ2v) is 7.77. The Labute approximate surface area is 145 Å². The van der Waals surface area contributed by atoms with Gasteiger partial charge < -0.3 is 9.67 Å². The van der Waals surface area contributed by atoms with E-state index in [2.05, 4.69) is 4.72 Å². The van der Waals surface area contributed by atoms with E-state index in [1.807, 2.05) is 35.9 Å². The summed E-state index contributed by atoms with van der Waals surface area (Å²) in [6, 6.07) is 12.9. The SMILES string of the molecule is Cn1cc(C(O)CNS(=O)(=O)Cc2ccc(F)cc2)c2ccccc21. The molecule has 1 unspecified atom stereocenters. The predicted octanol–water partition coefficient (Wildman–Crippen LogP) is 2.47. The molecule has 1 atom stereocenters. The second kappa shape index (κ2) is 6.95. The number of hydrogen-bond acceptors (Lipinski definition) is 3. The second-order valence-electron chi connectivity index (χ2n) is 5.96. The Morgan fingerprint density at radius 1 is 1.16 bits per heavy atom. The van der Waals surface area contributed by atoms with Crippen LogP contribution in [-0.4, -0.2) is 24.6 Å². The third-order valence-electron chi connectivity index (χ3n) is 4.05. The molecule has 0 bridgehead atoms. The number of halogens is 1. The zero-order chi connectivity index (χ0) is 18.0. The van der Waals surface area contributed by atoms with E-state index < -0.39 is 21.9 Å². The van der Waals surface area contributed by atoms with Crippen LogP contribution in [-0.2, 0) is 22.8 Å². The van der Waals surface area contributed by atoms with Crippen molar-refractivity contribution in [2.75, 3.05) is 6.54 Å². The number of nitrogens with zero attached hydrogens (tertiary/aromatic N) is 1. The Morgan fingerprint density at radius 2 is 1.84 bits per heavy atom. The molecular weight excluding hydrogens is 343 g/mol. The first kappa shape index (κ1) is 17.6. The molecule has 7 heteroatoms. The van der Waals surface area contributed by atoms with Gasteiger partial charge in [0.05, 0.1) is 11.9 Å². The average molecular weight is 362 g/mol. The summed E-state index contributed by atoms with van der Waals surface area (Å²) in [5.74, 6) is -0.685. The molecule has 1 heterocycles. The number of aryl methyl sites for hydroxylation is 1. The average Bonchev–Trinajstić information content (AvgIpc) is 2.92. The maximum Gasteiger partial charge on any atom is 0.215 e. The quantitative estimate of drug-likeness (QED) is 0.708. The molecule has 0 saturated carbocycles. The van der Waals surface area contributed by atoms with Gasteiger partial charge in [-0.15, -0.1) is 0 Å². The van der Waals surface area contributed by atoms with Crippen molar-refractivity contribution in [2.45, 2.75) is 11.9 Å². The number of para-hydroxylation sites is 1. The van der Waals surface area contributed by atoms with Gasteiger partial charge in [0.25, 0.3) is 0 Å². The van der Waals surface area contributed by atoms with E-state index in [-0.39, 0.29) is 12.3 Å². The van der Waals surface area contributed by atoms with E-state index in [1.54, 1.807) is 6.20 Å². The van der Waals surface area contributed by atoms with Gasteiger partial charge in [-0.2, -0.15) is 0 Å². The Balaban J connectivity index is 1.70. The van der Waals surface area contributed by atoms with Gasteiger partial charge >= 0.3 is 0 Å². The lowest BCUT2D eigenvalue weighted by Gasteiger charge is -2.12. The van der Waals surface area contributed by atoms with Crippen LogP contribution < -0.4 is 4.72 Å². The van der Waals surface area contributed by atoms with Gasteiger partial charge in [0, 0.05) is 36.3 Å². The Kier molecular flexibility index (Phi) is 4.89. The highest BCUT2D eigenvalue weighted by atomic mass is 32.2. The Morgan fingerprint density at radius 3 is 2.56 bits per heavy atom. The molecule has 1 aromatic heterocycles. The minimum absolute atomic E-state index is 0.127. The number of rotatable bonds is 6. The summed E-state index contributed by atoms with van der Waals surface area (Å²) in [5, 5.41) is 11.3. The third kappa shape index (κ3) is 4.07. The molecule has 0 aliphatic heterocycles. The molecule has 0 aliphatic carbocycles. The molecule has 0 spiro atoms. The largest absolute Gasteiger partial charge is 0.387 e. The van der Waals surface area contributed by atoms with Gasteiger partial charge in [-0.05, 0) is 23.8 Å². The summed E-state index contributed by atoms with van der Waals surface area (Å²) in [4.78, 5) is 0. The molecule has 3 rings (SSSR count). The van der Waals surface area contributed by atoms with Crippen LogP contribution in [0.3, 0.4) is 0 Å². The van der Waals surface area contributed by atoms with Crippen molar-refractivity contribution in [3.8, 4) is 0 Å². The van der Waals surface area contributed by atoms with Crippen LogP contribution in [0, 0.1) is 5.82 Å². The molecule has 2 N–H and O–H groups in total. The molecule has 5 nitrogen and oxygen atoms in total. The molecule has 3 aromatic rings. The molecule has 0 saturated heterocycles. The lowest BCUT2D eigenvalue weighted by atomic mass is 10.1. The minimum Gasteiger partial charge on any atom is -0.387 e. The lowest BCUT2D eigenvalue weighted by molar-refractivity contribution is 0.183. The van der Waals surface area contributed by atoms with Crippen molar-refractivity contribution in [1.82, 2.24) is 9.29 Å². The van der Waals surface area contributed by atoms with Crippen LogP contribution in [0.1, 0.15) is 17.2 Å². The van der Waals surface area contributed by atoms with Crippen LogP contribution in [0.2, 0.25) is 0 Å². The molecule has 0 aliphatic rings. The Hall–Kier alpha value is -2.22. The Bertz CT molecular complexity index is 981. The fraction of sp³-hybridized carbons (Fsp3) is 0.222. The monoisotopic (exact) mass is 362 g/mol. The standard InChI is InChI=1S/C18H19FN2O3S/c1-21-11-16(15-4-2-3-5-17(15)21)18(22)10-20-25(23,24)12-13-6-8-14(19)9-7-13/h2-9,11,18,20,22H,10,12H2,1H3. The van der Waals surface area contributed by atoms with Crippen molar-refractivity contribution < 1.29 is 17.9 Å². The molecule has 2 aromatic carbocycles. The van der Waals surface area contributed by atoms with Gasteiger partial charge in [-0.3, -0.25) is 0 Å². The number of aliphatic hydroxyl groups is 1. The number of hydrogen-bond donors (Lipinski definition) is 2. The van der Waals surface area contributed by atoms with Crippen molar-refractivity contribution in [3.63, 3.8) is 0 Å². The first-order chi connectivity index (χ1) is 11.9. The van der Waals surface area contributed by atoms with Gasteiger partial charge in [0.1, 0.15) is 5.82 Å². The number of benzene rings is 2. The molecule has 0 radical (unpaired) electrons. The lowest BCUT2D eigenvalue weighted by Crippen LogP contribution is -2.29. The van der Waals surface area contributed by atoms with Gasteiger partial charge in [-0.25, -0.2) is 17.5 Å². The highest BCUT2D eigenvalue weighted by Gasteiger charge is 2.18. The van der Waals surface area contributed by atoms with E-state index in [4.69, 9.17) is 0 Å². The van der Waals surface area contributed by atoms with E-state index in [0.29, 0.717) is 11.1 Å². The molecule has 0 amide bonds. The summed E-state index contributed by atoms with van der Waals surface area (Å²) in [6.07, 6.45) is 0.831. The number of sulfonamides is 1. The molecule has 0 fully saturated rings. The van der Waals surface area contributed by atoms with Crippen LogP contribution in [0.4, 0.5) is 4.39 Å². The zero-order valence-corrected chi connectivity index (χ0v) is 14.5. The minimum atomic E-state index is -3.64. The number of fused-ring (bicyclic) bond motifs is 1. The van der Waals surface area contributed by atoms with Gasteiger partial charge in [0.15, 0.2) is 0 Å². The summed E-state index contributed by atoms with van der Waals surface area (Å²) in [7, 11) is -1.76. The summed E-state index contributed by atoms with van der Waals surface area (Å²) in [5.41, 5.74) is 2.11. The number of aliphatic hydroxyl groups excluding tert-OH is 1. The van der Waals surface area contributed by atoms with Gasteiger partial charge in [-0.1, -0.05) is 30.3 Å². The molecular formula is C18H19FN2O3S. The summed E-state index contributed by atoms with van der Waals surface area (Å²) >= 11 is 0. The fourth-order valence-electron chi connectivity index (χ4n) is 2.81. The fourth-order valence-corrected chi connectivity index (χ4v) is 3.95. The van der Waals surface area contributed by atoms with Crippen molar-refractivity contribution in [1.29, 1.82) is 0 Å². The van der Waals surface area contributed by atoms with Crippen molar-refractivity contribution in [2.24, 2.45) is 7.05 Å². The van der Waals surface area contributed by atoms with Gasteiger partial charge in [0.2, 0.25) is 10.0 Å². The van der Waals surface area contributed by atoms with E-state index in [9.17, 15) is 17.9 Å². The number of aromatic nitrogens is 1. The van der Waals surface area contributed by atoms with Crippen LogP contribution in [0.25, 0.3) is 10.9 Å². The van der Waals surface area contributed by atoms with Crippen molar-refractivity contribution >= 4 is 20.9 Å². The van der Waals surface area contributed by atoms with E-state index in [1.165, 1.54) is 24.3 Å². The normalized spacial score (nSPS) is 13.2. The van der Waals surface area contributed by atoms with Crippen molar-refractivity contribution in [3.05, 3.63) is 71.7 Å². The predicted molar refractivity (Wildman–Crippen MR) is 94.9 cm³/mol. The third-order valence-corrected chi connectivity index (χ3v) is 5.37. The maximum absolute atomic E-state index is 12.9. The molecule has 132 valence electrons. The number of nitrogens with one attached hydrogen (secondary N) is 1. The zero-order valence-electron chi connectivity index (χ0n) is 13.7. The summed E-state index contributed by atoms with van der Waals surface area (Å²) < 4.78 is 41.5. The summed E-state index contributed by atoms with van der Waals surface area (Å²) in [6.45, 7) is -0.127. The maximum atomic E-state index is 12.9. The first-order valence-corrected chi connectivity index (χ1v) is 9.45. The highest BCUT2D eigenvalue weighted by Crippen LogP contribution is 2.25. The van der Waals surface area contributed by atoms with Crippen LogP contribution in [0.15, 0.2) is 54.7 Å². The first-order valence-electron chi connectivity index (χ1n) is 7.79. The highest BCUT2D eigenvalue weighted by molar-refractivity contribution is 7.88.